The van der Waals surface area contributed by atoms with E-state index in [4.69, 9.17) is 4.98 Å². The van der Waals surface area contributed by atoms with Crippen LogP contribution in [0.3, 0.4) is 0 Å². The van der Waals surface area contributed by atoms with Crippen LogP contribution in [-0.4, -0.2) is 40.6 Å². The minimum Gasteiger partial charge on any atom is -0.350 e. The summed E-state index contributed by atoms with van der Waals surface area (Å²) in [6.45, 7) is 5.36. The van der Waals surface area contributed by atoms with E-state index in [9.17, 15) is 0 Å². The maximum absolute atomic E-state index is 4.72. The van der Waals surface area contributed by atoms with Crippen LogP contribution in [-0.2, 0) is 0 Å². The normalized spacial score (nSPS) is 26.6. The van der Waals surface area contributed by atoms with Crippen LogP contribution in [0.15, 0.2) is 36.7 Å². The van der Waals surface area contributed by atoms with Crippen LogP contribution in [0.25, 0.3) is 0 Å². The van der Waals surface area contributed by atoms with Gasteiger partial charge in [-0.05, 0) is 37.3 Å². The molecule has 2 aromatic rings. The van der Waals surface area contributed by atoms with Crippen LogP contribution in [0.5, 0.6) is 0 Å². The third kappa shape index (κ3) is 3.58. The van der Waals surface area contributed by atoms with Crippen molar-refractivity contribution in [3.05, 3.63) is 42.2 Å². The number of piperidine rings is 1. The molecule has 3 atom stereocenters. The third-order valence-corrected chi connectivity index (χ3v) is 5.29. The van der Waals surface area contributed by atoms with E-state index in [0.717, 1.165) is 38.4 Å². The van der Waals surface area contributed by atoms with E-state index in [1.165, 1.54) is 12.0 Å². The molecule has 0 saturated carbocycles. The number of aromatic nitrogens is 3. The maximum Gasteiger partial charge on any atom is 0.230 e. The molecule has 0 bridgehead atoms. The smallest absolute Gasteiger partial charge is 0.230 e. The lowest BCUT2D eigenvalue weighted by Gasteiger charge is -2.28. The van der Waals surface area contributed by atoms with Gasteiger partial charge in [-0.2, -0.15) is 4.98 Å². The van der Waals surface area contributed by atoms with Crippen LogP contribution in [0.2, 0.25) is 0 Å². The van der Waals surface area contributed by atoms with E-state index in [0.29, 0.717) is 23.9 Å². The topological polar surface area (TPSA) is 66.0 Å². The Morgan fingerprint density at radius 1 is 1.16 bits per heavy atom. The van der Waals surface area contributed by atoms with Crippen molar-refractivity contribution >= 4 is 11.9 Å². The number of benzene rings is 1. The van der Waals surface area contributed by atoms with Crippen molar-refractivity contribution in [3.63, 3.8) is 0 Å². The standard InChI is InChI=1S/C19H26N6/c1-14-9-11-25(17(14)15-6-3-2-4-7-15)19-22-13-21-18(24-19)23-16-8-5-10-20-12-16/h2-4,6-7,13-14,16-17,20H,5,8-12H2,1H3,(H,21,22,23,24). The summed E-state index contributed by atoms with van der Waals surface area (Å²) in [6.07, 6.45) is 5.13. The lowest BCUT2D eigenvalue weighted by molar-refractivity contribution is 0.477. The fraction of sp³-hybridized carbons (Fsp3) is 0.526. The molecule has 3 heterocycles. The minimum atomic E-state index is 0.327. The highest BCUT2D eigenvalue weighted by molar-refractivity contribution is 5.42. The predicted octanol–water partition coefficient (Wildman–Crippen LogP) is 2.62. The first-order chi connectivity index (χ1) is 12.3. The van der Waals surface area contributed by atoms with E-state index in [-0.39, 0.29) is 0 Å². The maximum atomic E-state index is 4.72. The van der Waals surface area contributed by atoms with E-state index in [1.807, 2.05) is 0 Å². The van der Waals surface area contributed by atoms with Crippen LogP contribution in [0, 0.1) is 5.92 Å². The summed E-state index contributed by atoms with van der Waals surface area (Å²) in [6, 6.07) is 11.4. The highest BCUT2D eigenvalue weighted by Crippen LogP contribution is 2.38. The lowest BCUT2D eigenvalue weighted by atomic mass is 9.96. The molecule has 0 amide bonds. The highest BCUT2D eigenvalue weighted by atomic mass is 15.3. The van der Waals surface area contributed by atoms with Crippen molar-refractivity contribution in [1.82, 2.24) is 20.3 Å². The number of nitrogens with zero attached hydrogens (tertiary/aromatic N) is 4. The van der Waals surface area contributed by atoms with Crippen molar-refractivity contribution in [2.45, 2.75) is 38.3 Å². The van der Waals surface area contributed by atoms with E-state index in [2.05, 4.69) is 62.8 Å². The molecule has 2 fully saturated rings. The van der Waals surface area contributed by atoms with Crippen molar-refractivity contribution < 1.29 is 0 Å². The second kappa shape index (κ2) is 7.35. The molecule has 2 aliphatic rings. The van der Waals surface area contributed by atoms with E-state index in [1.54, 1.807) is 6.33 Å². The molecule has 1 aromatic heterocycles. The monoisotopic (exact) mass is 338 g/mol. The number of anilines is 2. The summed E-state index contributed by atoms with van der Waals surface area (Å²) in [7, 11) is 0. The number of rotatable bonds is 4. The second-order valence-corrected chi connectivity index (χ2v) is 7.11. The van der Waals surface area contributed by atoms with Gasteiger partial charge >= 0.3 is 0 Å². The lowest BCUT2D eigenvalue weighted by Crippen LogP contribution is -2.39. The van der Waals surface area contributed by atoms with Gasteiger partial charge in [0.25, 0.3) is 0 Å². The second-order valence-electron chi connectivity index (χ2n) is 7.11. The first-order valence-electron chi connectivity index (χ1n) is 9.29. The van der Waals surface area contributed by atoms with Crippen molar-refractivity contribution in [3.8, 4) is 0 Å². The Morgan fingerprint density at radius 3 is 2.84 bits per heavy atom. The van der Waals surface area contributed by atoms with Gasteiger partial charge in [0.05, 0.1) is 6.04 Å². The zero-order valence-corrected chi connectivity index (χ0v) is 14.7. The zero-order valence-electron chi connectivity index (χ0n) is 14.7. The summed E-state index contributed by atoms with van der Waals surface area (Å²) >= 11 is 0. The molecule has 0 spiro atoms. The molecule has 0 aliphatic carbocycles. The SMILES string of the molecule is CC1CCN(c2ncnc(NC3CCCNC3)n2)C1c1ccccc1. The average Bonchev–Trinajstić information content (AvgIpc) is 3.05. The Morgan fingerprint density at radius 2 is 2.04 bits per heavy atom. The van der Waals surface area contributed by atoms with Gasteiger partial charge in [0.2, 0.25) is 11.9 Å². The fourth-order valence-corrected chi connectivity index (χ4v) is 3.98. The Balaban J connectivity index is 1.55. The van der Waals surface area contributed by atoms with Crippen molar-refractivity contribution in [2.75, 3.05) is 29.9 Å². The Hall–Kier alpha value is -2.21. The molecule has 4 rings (SSSR count). The zero-order chi connectivity index (χ0) is 17.1. The quantitative estimate of drug-likeness (QED) is 0.893. The van der Waals surface area contributed by atoms with E-state index >= 15 is 0 Å². The van der Waals surface area contributed by atoms with Crippen LogP contribution < -0.4 is 15.5 Å². The average molecular weight is 338 g/mol. The summed E-state index contributed by atoms with van der Waals surface area (Å²) in [5.74, 6) is 2.04. The number of hydrogen-bond acceptors (Lipinski definition) is 6. The molecule has 25 heavy (non-hydrogen) atoms. The van der Waals surface area contributed by atoms with Gasteiger partial charge < -0.3 is 15.5 Å². The van der Waals surface area contributed by atoms with Crippen LogP contribution in [0.1, 0.15) is 37.8 Å². The predicted molar refractivity (Wildman–Crippen MR) is 99.7 cm³/mol. The fourth-order valence-electron chi connectivity index (χ4n) is 3.98. The summed E-state index contributed by atoms with van der Waals surface area (Å²) in [5, 5.41) is 6.87. The van der Waals surface area contributed by atoms with Crippen LogP contribution >= 0.6 is 0 Å². The van der Waals surface area contributed by atoms with Gasteiger partial charge in [-0.3, -0.25) is 0 Å². The summed E-state index contributed by atoms with van der Waals surface area (Å²) < 4.78 is 0. The Kier molecular flexibility index (Phi) is 4.78. The number of hydrogen-bond donors (Lipinski definition) is 2. The largest absolute Gasteiger partial charge is 0.350 e. The molecule has 2 N–H and O–H groups in total. The first-order valence-corrected chi connectivity index (χ1v) is 9.29. The first kappa shape index (κ1) is 16.3. The van der Waals surface area contributed by atoms with E-state index < -0.39 is 0 Å². The molecule has 3 unspecified atom stereocenters. The van der Waals surface area contributed by atoms with Gasteiger partial charge in [-0.25, -0.2) is 9.97 Å². The van der Waals surface area contributed by atoms with Crippen molar-refractivity contribution in [2.24, 2.45) is 5.92 Å². The molecule has 132 valence electrons. The minimum absolute atomic E-state index is 0.327. The van der Waals surface area contributed by atoms with Crippen molar-refractivity contribution in [1.29, 1.82) is 0 Å². The highest BCUT2D eigenvalue weighted by Gasteiger charge is 2.34. The van der Waals surface area contributed by atoms with Gasteiger partial charge in [-0.1, -0.05) is 37.3 Å². The molecule has 6 nitrogen and oxygen atoms in total. The Labute approximate surface area is 149 Å². The van der Waals surface area contributed by atoms with Gasteiger partial charge in [-0.15, -0.1) is 0 Å². The van der Waals surface area contributed by atoms with Crippen LogP contribution in [0.4, 0.5) is 11.9 Å². The summed E-state index contributed by atoms with van der Waals surface area (Å²) in [4.78, 5) is 15.9. The third-order valence-electron chi connectivity index (χ3n) is 5.29. The van der Waals surface area contributed by atoms with Gasteiger partial charge in [0, 0.05) is 19.1 Å². The molecule has 2 saturated heterocycles. The molecule has 2 aliphatic heterocycles. The molecular weight excluding hydrogens is 312 g/mol. The molecule has 1 aromatic carbocycles. The molecule has 0 radical (unpaired) electrons. The summed E-state index contributed by atoms with van der Waals surface area (Å²) in [5.41, 5.74) is 1.33. The molecular formula is C19H26N6. The number of nitrogens with one attached hydrogen (secondary N) is 2. The molecule has 6 heteroatoms. The van der Waals surface area contributed by atoms with Gasteiger partial charge in [0.1, 0.15) is 6.33 Å². The van der Waals surface area contributed by atoms with Gasteiger partial charge in [0.15, 0.2) is 0 Å². The Bertz CT molecular complexity index is 685.